The van der Waals surface area contributed by atoms with Crippen LogP contribution in [0.5, 0.6) is 0 Å². The van der Waals surface area contributed by atoms with Crippen LogP contribution in [0.1, 0.15) is 98.3 Å². The first-order chi connectivity index (χ1) is 12.6. The molecule has 1 unspecified atom stereocenters. The van der Waals surface area contributed by atoms with Crippen LogP contribution in [0.25, 0.3) is 0 Å². The highest BCUT2D eigenvalue weighted by molar-refractivity contribution is 6.03. The van der Waals surface area contributed by atoms with Gasteiger partial charge < -0.3 is 20.9 Å². The fourth-order valence-electron chi connectivity index (χ4n) is 3.62. The Morgan fingerprint density at radius 2 is 1.37 bits per heavy atom. The minimum atomic E-state index is -1.94. The second-order valence-electron chi connectivity index (χ2n) is 8.97. The van der Waals surface area contributed by atoms with Crippen molar-refractivity contribution in [3.63, 3.8) is 0 Å². The molecule has 0 aromatic heterocycles. The number of nitrogens with two attached hydrogens (primary N) is 1. The summed E-state index contributed by atoms with van der Waals surface area (Å²) in [6.07, 6.45) is 14.6. The van der Waals surface area contributed by atoms with Crippen molar-refractivity contribution in [3.8, 4) is 0 Å². The van der Waals surface area contributed by atoms with Crippen molar-refractivity contribution in [2.75, 3.05) is 0 Å². The standard InChI is InChI=1S/C12H23N.C9H17NO4/c1-3-7-11(8-4-1)13-12-9-5-2-6-10-12;1-5-9(10,6(11)12)7(13)14-8(2,3)4/h11-13H,1-10H2;5,10H2,1-4H3,(H,11,12). The van der Waals surface area contributed by atoms with Gasteiger partial charge in [-0.25, -0.2) is 9.59 Å². The van der Waals surface area contributed by atoms with Crippen LogP contribution in [0.3, 0.4) is 0 Å². The third-order valence-electron chi connectivity index (χ3n) is 5.38. The normalized spacial score (nSPS) is 21.5. The lowest BCUT2D eigenvalue weighted by atomic mass is 9.91. The number of hydrogen-bond acceptors (Lipinski definition) is 5. The minimum absolute atomic E-state index is 0.00273. The molecule has 6 heteroatoms. The van der Waals surface area contributed by atoms with Crippen LogP contribution in [0.15, 0.2) is 0 Å². The predicted molar refractivity (Wildman–Crippen MR) is 108 cm³/mol. The molecule has 158 valence electrons. The molecule has 0 amide bonds. The number of carbonyl (C=O) groups excluding carboxylic acids is 1. The molecule has 6 nitrogen and oxygen atoms in total. The Morgan fingerprint density at radius 1 is 0.963 bits per heavy atom. The van der Waals surface area contributed by atoms with E-state index in [4.69, 9.17) is 15.6 Å². The predicted octanol–water partition coefficient (Wildman–Crippen LogP) is 3.76. The fourth-order valence-corrected chi connectivity index (χ4v) is 3.62. The zero-order valence-electron chi connectivity index (χ0n) is 17.7. The third-order valence-corrected chi connectivity index (χ3v) is 5.38. The summed E-state index contributed by atoms with van der Waals surface area (Å²) in [6.45, 7) is 6.49. The third kappa shape index (κ3) is 8.60. The van der Waals surface area contributed by atoms with E-state index in [1.54, 1.807) is 20.8 Å². The molecule has 2 rings (SSSR count). The number of esters is 1. The number of carboxylic acid groups (broad SMARTS) is 1. The molecule has 2 fully saturated rings. The molecule has 0 aromatic rings. The largest absolute Gasteiger partial charge is 0.479 e. The molecule has 0 radical (unpaired) electrons. The van der Waals surface area contributed by atoms with Gasteiger partial charge in [0.15, 0.2) is 0 Å². The Bertz CT molecular complexity index is 447. The molecule has 0 aromatic carbocycles. The smallest absolute Gasteiger partial charge is 0.338 e. The van der Waals surface area contributed by atoms with E-state index in [0.717, 1.165) is 12.1 Å². The number of carboxylic acids is 1. The monoisotopic (exact) mass is 384 g/mol. The molecule has 2 saturated carbocycles. The highest BCUT2D eigenvalue weighted by Crippen LogP contribution is 2.22. The van der Waals surface area contributed by atoms with Gasteiger partial charge in [-0.3, -0.25) is 0 Å². The van der Waals surface area contributed by atoms with Crippen LogP contribution in [0.2, 0.25) is 0 Å². The van der Waals surface area contributed by atoms with Crippen molar-refractivity contribution >= 4 is 11.9 Å². The summed E-state index contributed by atoms with van der Waals surface area (Å²) in [7, 11) is 0. The number of ether oxygens (including phenoxy) is 1. The van der Waals surface area contributed by atoms with E-state index in [-0.39, 0.29) is 6.42 Å². The van der Waals surface area contributed by atoms with Crippen LogP contribution in [-0.2, 0) is 14.3 Å². The van der Waals surface area contributed by atoms with E-state index in [1.807, 2.05) is 0 Å². The van der Waals surface area contributed by atoms with Gasteiger partial charge in [-0.05, 0) is 52.9 Å². The van der Waals surface area contributed by atoms with Crippen LogP contribution in [0.4, 0.5) is 0 Å². The summed E-state index contributed by atoms with van der Waals surface area (Å²) < 4.78 is 4.91. The molecule has 2 aliphatic rings. The number of aliphatic carboxylic acids is 1. The van der Waals surface area contributed by atoms with Gasteiger partial charge in [0.25, 0.3) is 0 Å². The first-order valence-corrected chi connectivity index (χ1v) is 10.6. The molecule has 0 bridgehead atoms. The maximum absolute atomic E-state index is 11.4. The van der Waals surface area contributed by atoms with Gasteiger partial charge in [-0.1, -0.05) is 45.4 Å². The van der Waals surface area contributed by atoms with E-state index >= 15 is 0 Å². The lowest BCUT2D eigenvalue weighted by molar-refractivity contribution is -0.169. The van der Waals surface area contributed by atoms with Gasteiger partial charge in [0.1, 0.15) is 5.60 Å². The van der Waals surface area contributed by atoms with Crippen LogP contribution in [0, 0.1) is 0 Å². The lowest BCUT2D eigenvalue weighted by Gasteiger charge is -2.30. The van der Waals surface area contributed by atoms with E-state index in [9.17, 15) is 9.59 Å². The molecular weight excluding hydrogens is 344 g/mol. The highest BCUT2D eigenvalue weighted by Gasteiger charge is 2.43. The average Bonchev–Trinajstić information content (AvgIpc) is 2.61. The van der Waals surface area contributed by atoms with Crippen molar-refractivity contribution < 1.29 is 19.4 Å². The number of carbonyl (C=O) groups is 2. The molecule has 1 atom stereocenters. The van der Waals surface area contributed by atoms with Gasteiger partial charge in [0.05, 0.1) is 0 Å². The molecular formula is C21H40N2O4. The molecule has 0 aliphatic heterocycles. The van der Waals surface area contributed by atoms with Crippen molar-refractivity contribution in [1.29, 1.82) is 0 Å². The van der Waals surface area contributed by atoms with Crippen molar-refractivity contribution in [2.45, 2.75) is 122 Å². The second kappa shape index (κ2) is 11.0. The van der Waals surface area contributed by atoms with Crippen molar-refractivity contribution in [2.24, 2.45) is 5.73 Å². The quantitative estimate of drug-likeness (QED) is 0.493. The van der Waals surface area contributed by atoms with Crippen molar-refractivity contribution in [1.82, 2.24) is 5.32 Å². The Hall–Kier alpha value is -1.14. The first kappa shape index (κ1) is 23.9. The highest BCUT2D eigenvalue weighted by atomic mass is 16.6. The van der Waals surface area contributed by atoms with Crippen LogP contribution in [-0.4, -0.2) is 40.3 Å². The van der Waals surface area contributed by atoms with E-state index < -0.39 is 23.1 Å². The average molecular weight is 385 g/mol. The molecule has 0 heterocycles. The Morgan fingerprint density at radius 3 is 1.67 bits per heavy atom. The maximum Gasteiger partial charge on any atom is 0.338 e. The maximum atomic E-state index is 11.4. The van der Waals surface area contributed by atoms with Crippen LogP contribution >= 0.6 is 0 Å². The summed E-state index contributed by atoms with van der Waals surface area (Å²) in [5.74, 6) is -2.27. The lowest BCUT2D eigenvalue weighted by Crippen LogP contribution is -2.56. The zero-order chi connectivity index (χ0) is 20.5. The SMILES string of the molecule is C1CCC(NC2CCCCC2)CC1.CCC(N)(C(=O)O)C(=O)OC(C)(C)C. The molecule has 0 saturated heterocycles. The summed E-state index contributed by atoms with van der Waals surface area (Å²) in [4.78, 5) is 22.2. The first-order valence-electron chi connectivity index (χ1n) is 10.6. The molecule has 2 aliphatic carbocycles. The number of hydrogen-bond donors (Lipinski definition) is 3. The van der Waals surface area contributed by atoms with E-state index in [2.05, 4.69) is 5.32 Å². The van der Waals surface area contributed by atoms with Crippen molar-refractivity contribution in [3.05, 3.63) is 0 Å². The summed E-state index contributed by atoms with van der Waals surface area (Å²) in [5.41, 5.74) is 2.75. The number of rotatable bonds is 5. The topological polar surface area (TPSA) is 102 Å². The van der Waals surface area contributed by atoms with Gasteiger partial charge in [-0.2, -0.15) is 0 Å². The molecule has 0 spiro atoms. The molecule has 27 heavy (non-hydrogen) atoms. The van der Waals surface area contributed by atoms with E-state index in [1.165, 1.54) is 71.1 Å². The van der Waals surface area contributed by atoms with E-state index in [0.29, 0.717) is 0 Å². The zero-order valence-corrected chi connectivity index (χ0v) is 17.7. The fraction of sp³-hybridized carbons (Fsp3) is 0.905. The molecule has 4 N–H and O–H groups in total. The summed E-state index contributed by atoms with van der Waals surface area (Å²) in [6, 6.07) is 1.74. The Labute approximate surface area is 164 Å². The minimum Gasteiger partial charge on any atom is -0.479 e. The van der Waals surface area contributed by atoms with Gasteiger partial charge in [-0.15, -0.1) is 0 Å². The summed E-state index contributed by atoms with van der Waals surface area (Å²) >= 11 is 0. The number of nitrogens with one attached hydrogen (secondary N) is 1. The van der Waals surface area contributed by atoms with Gasteiger partial charge >= 0.3 is 11.9 Å². The Kier molecular flexibility index (Phi) is 9.74. The Balaban J connectivity index is 0.000000270. The van der Waals surface area contributed by atoms with Gasteiger partial charge in [0, 0.05) is 12.1 Å². The second-order valence-corrected chi connectivity index (χ2v) is 8.97. The van der Waals surface area contributed by atoms with Crippen LogP contribution < -0.4 is 11.1 Å². The van der Waals surface area contributed by atoms with Gasteiger partial charge in [0.2, 0.25) is 5.54 Å². The summed E-state index contributed by atoms with van der Waals surface area (Å²) in [5, 5.41) is 12.6.